The van der Waals surface area contributed by atoms with Gasteiger partial charge in [0.1, 0.15) is 11.5 Å². The minimum absolute atomic E-state index is 0.0232. The summed E-state index contributed by atoms with van der Waals surface area (Å²) >= 11 is 0. The highest BCUT2D eigenvalue weighted by Crippen LogP contribution is 2.31. The number of aromatic amines is 1. The lowest BCUT2D eigenvalue weighted by Gasteiger charge is -2.34. The molecule has 0 atom stereocenters. The zero-order chi connectivity index (χ0) is 20.3. The van der Waals surface area contributed by atoms with Crippen molar-refractivity contribution >= 4 is 11.7 Å². The van der Waals surface area contributed by atoms with Crippen molar-refractivity contribution in [3.05, 3.63) is 30.0 Å². The van der Waals surface area contributed by atoms with Crippen molar-refractivity contribution in [3.8, 4) is 17.5 Å². The first-order valence-electron chi connectivity index (χ1n) is 8.59. The van der Waals surface area contributed by atoms with Crippen LogP contribution >= 0.6 is 0 Å². The van der Waals surface area contributed by atoms with Crippen molar-refractivity contribution in [2.75, 3.05) is 31.3 Å². The summed E-state index contributed by atoms with van der Waals surface area (Å²) in [6, 6.07) is 4.98. The quantitative estimate of drug-likeness (QED) is 0.743. The maximum Gasteiger partial charge on any atom is 0.573 e. The summed E-state index contributed by atoms with van der Waals surface area (Å²) in [6.45, 7) is 3.15. The molecule has 1 aliphatic heterocycles. The molecular weight excluding hydrogens is 381 g/mol. The molecule has 0 bridgehead atoms. The molecule has 1 aromatic heterocycles. The molecule has 0 saturated carbocycles. The van der Waals surface area contributed by atoms with Gasteiger partial charge in [0.25, 0.3) is 5.91 Å². The van der Waals surface area contributed by atoms with E-state index in [4.69, 9.17) is 9.84 Å². The first-order chi connectivity index (χ1) is 13.3. The van der Waals surface area contributed by atoms with Crippen LogP contribution in [0.5, 0.6) is 17.5 Å². The van der Waals surface area contributed by atoms with Crippen LogP contribution < -0.4 is 14.4 Å². The van der Waals surface area contributed by atoms with Crippen molar-refractivity contribution in [2.24, 2.45) is 0 Å². The van der Waals surface area contributed by atoms with Gasteiger partial charge >= 0.3 is 12.4 Å². The number of hydrogen-bond acceptors (Lipinski definition) is 6. The van der Waals surface area contributed by atoms with Gasteiger partial charge in [0, 0.05) is 25.8 Å². The number of carbonyl (C=O) groups excluding carboxylic acids is 1. The highest BCUT2D eigenvalue weighted by atomic mass is 19.4. The van der Waals surface area contributed by atoms with Crippen LogP contribution in [0.15, 0.2) is 24.3 Å². The topological polar surface area (TPSA) is 90.9 Å². The van der Waals surface area contributed by atoms with E-state index < -0.39 is 12.1 Å². The van der Waals surface area contributed by atoms with Crippen LogP contribution in [-0.4, -0.2) is 58.6 Å². The molecule has 1 amide bonds. The van der Waals surface area contributed by atoms with Crippen LogP contribution in [0.4, 0.5) is 19.0 Å². The van der Waals surface area contributed by atoms with E-state index in [-0.39, 0.29) is 30.0 Å². The molecule has 1 aromatic carbocycles. The number of nitrogens with zero attached hydrogens (tertiary/aromatic N) is 3. The lowest BCUT2D eigenvalue weighted by atomic mass is 10.2. The lowest BCUT2D eigenvalue weighted by Crippen LogP contribution is -2.47. The fraction of sp³-hybridized carbons (Fsp3) is 0.412. The molecule has 28 heavy (non-hydrogen) atoms. The molecule has 11 heteroatoms. The Labute approximate surface area is 158 Å². The van der Waals surface area contributed by atoms with Gasteiger partial charge in [-0.3, -0.25) is 4.79 Å². The summed E-state index contributed by atoms with van der Waals surface area (Å²) in [7, 11) is 0. The predicted molar refractivity (Wildman–Crippen MR) is 92.4 cm³/mol. The number of hydrogen-bond donors (Lipinski definition) is 2. The van der Waals surface area contributed by atoms with Crippen molar-refractivity contribution in [1.29, 1.82) is 0 Å². The van der Waals surface area contributed by atoms with E-state index in [0.717, 1.165) is 12.1 Å². The van der Waals surface area contributed by atoms with Crippen LogP contribution in [0.25, 0.3) is 0 Å². The van der Waals surface area contributed by atoms with Crippen LogP contribution in [0.1, 0.15) is 23.8 Å². The number of halogens is 3. The average molecular weight is 400 g/mol. The fourth-order valence-electron chi connectivity index (χ4n) is 2.79. The minimum atomic E-state index is -4.81. The van der Waals surface area contributed by atoms with Gasteiger partial charge in [-0.15, -0.1) is 13.2 Å². The third-order valence-electron chi connectivity index (χ3n) is 4.03. The third-order valence-corrected chi connectivity index (χ3v) is 4.03. The van der Waals surface area contributed by atoms with Gasteiger partial charge in [-0.25, -0.2) is 0 Å². The summed E-state index contributed by atoms with van der Waals surface area (Å²) in [5.41, 5.74) is 0.226. The van der Waals surface area contributed by atoms with Gasteiger partial charge in [-0.05, 0) is 25.5 Å². The number of H-pyrrole nitrogens is 1. The van der Waals surface area contributed by atoms with Gasteiger partial charge in [0.05, 0.1) is 6.67 Å². The van der Waals surface area contributed by atoms with Crippen LogP contribution in [0.3, 0.4) is 0 Å². The van der Waals surface area contributed by atoms with Crippen molar-refractivity contribution in [2.45, 2.75) is 19.7 Å². The fourth-order valence-corrected chi connectivity index (χ4v) is 2.79. The molecule has 2 N–H and O–H groups in total. The molecule has 3 rings (SSSR count). The monoisotopic (exact) mass is 400 g/mol. The molecule has 0 unspecified atom stereocenters. The Morgan fingerprint density at radius 3 is 2.71 bits per heavy atom. The molecule has 0 saturated heterocycles. The molecule has 152 valence electrons. The second-order valence-corrected chi connectivity index (χ2v) is 6.01. The third kappa shape index (κ3) is 4.47. The Hall–Kier alpha value is -2.95. The van der Waals surface area contributed by atoms with Crippen LogP contribution in [0, 0.1) is 0 Å². The molecule has 0 aliphatic carbocycles. The molecule has 0 radical (unpaired) electrons. The molecule has 2 heterocycles. The Morgan fingerprint density at radius 1 is 1.29 bits per heavy atom. The number of carbonyl (C=O) groups is 1. The smallest absolute Gasteiger partial charge is 0.425 e. The molecule has 0 fully saturated rings. The van der Waals surface area contributed by atoms with Gasteiger partial charge < -0.3 is 29.4 Å². The Balaban J connectivity index is 1.81. The summed E-state index contributed by atoms with van der Waals surface area (Å²) in [5.74, 6) is -0.238. The number of aliphatic hydroxyl groups is 1. The van der Waals surface area contributed by atoms with Crippen LogP contribution in [0.2, 0.25) is 0 Å². The van der Waals surface area contributed by atoms with E-state index in [2.05, 4.69) is 14.7 Å². The second kappa shape index (κ2) is 7.97. The molecule has 0 spiro atoms. The maximum atomic E-state index is 12.6. The van der Waals surface area contributed by atoms with Gasteiger partial charge in [0.2, 0.25) is 0 Å². The van der Waals surface area contributed by atoms with E-state index >= 15 is 0 Å². The summed E-state index contributed by atoms with van der Waals surface area (Å²) in [4.78, 5) is 23.1. The normalized spacial score (nSPS) is 14.2. The Morgan fingerprint density at radius 2 is 2.04 bits per heavy atom. The number of fused-ring (bicyclic) bond motifs is 1. The van der Waals surface area contributed by atoms with Crippen molar-refractivity contribution in [3.63, 3.8) is 0 Å². The first kappa shape index (κ1) is 19.8. The summed E-state index contributed by atoms with van der Waals surface area (Å²) in [6.07, 6.45) is -4.36. The number of aromatic nitrogens is 2. The largest absolute Gasteiger partial charge is 0.573 e. The summed E-state index contributed by atoms with van der Waals surface area (Å²) < 4.78 is 46.4. The molecule has 8 nitrogen and oxygen atoms in total. The lowest BCUT2D eigenvalue weighted by molar-refractivity contribution is -0.274. The summed E-state index contributed by atoms with van der Waals surface area (Å²) in [5, 5.41) is 8.99. The average Bonchev–Trinajstić information content (AvgIpc) is 3.04. The van der Waals surface area contributed by atoms with E-state index in [9.17, 15) is 18.0 Å². The maximum absolute atomic E-state index is 12.6. The van der Waals surface area contributed by atoms with E-state index in [1.807, 2.05) is 11.8 Å². The zero-order valence-corrected chi connectivity index (χ0v) is 15.0. The van der Waals surface area contributed by atoms with E-state index in [0.29, 0.717) is 32.0 Å². The number of rotatable bonds is 7. The molecule has 1 aliphatic rings. The first-order valence-corrected chi connectivity index (χ1v) is 8.59. The number of aliphatic hydroxyl groups excluding tert-OH is 1. The number of amides is 1. The predicted octanol–water partition coefficient (Wildman–Crippen LogP) is 2.72. The van der Waals surface area contributed by atoms with Gasteiger partial charge in [-0.1, -0.05) is 6.07 Å². The van der Waals surface area contributed by atoms with Crippen molar-refractivity contribution in [1.82, 2.24) is 14.9 Å². The SMILES string of the molecule is CCN1CN(CCCO)C(=O)c2[nH]c(Oc3cccc(OC(F)(F)F)c3)nc21. The van der Waals surface area contributed by atoms with Gasteiger partial charge in [0.15, 0.2) is 11.5 Å². The van der Waals surface area contributed by atoms with Gasteiger partial charge in [-0.2, -0.15) is 4.98 Å². The molecule has 2 aromatic rings. The highest BCUT2D eigenvalue weighted by molar-refractivity contribution is 5.99. The van der Waals surface area contributed by atoms with Crippen molar-refractivity contribution < 1.29 is 32.5 Å². The number of alkyl halides is 3. The standard InChI is InChI=1S/C17H19F3N4O4/c1-2-23-10-24(7-4-8-25)15(26)13-14(23)22-16(21-13)27-11-5-3-6-12(9-11)28-17(18,19)20/h3,5-6,9,25H,2,4,7-8,10H2,1H3,(H,21,22). The number of imidazole rings is 1. The minimum Gasteiger partial charge on any atom is -0.425 e. The van der Waals surface area contributed by atoms with E-state index in [1.54, 1.807) is 4.90 Å². The highest BCUT2D eigenvalue weighted by Gasteiger charge is 2.33. The number of anilines is 1. The number of nitrogens with one attached hydrogen (secondary N) is 1. The van der Waals surface area contributed by atoms with Crippen LogP contribution in [-0.2, 0) is 0 Å². The zero-order valence-electron chi connectivity index (χ0n) is 15.0. The number of ether oxygens (including phenoxy) is 2. The molecular formula is C17H19F3N4O4. The number of benzene rings is 1. The van der Waals surface area contributed by atoms with E-state index in [1.165, 1.54) is 12.1 Å². The second-order valence-electron chi connectivity index (χ2n) is 6.01. The Kier molecular flexibility index (Phi) is 5.63. The Bertz CT molecular complexity index is 840.